The molecule has 2 N–H and O–H groups in total. The van der Waals surface area contributed by atoms with Crippen LogP contribution in [0.15, 0.2) is 33.5 Å². The van der Waals surface area contributed by atoms with Gasteiger partial charge in [-0.05, 0) is 18.6 Å². The zero-order chi connectivity index (χ0) is 12.4. The number of nitrogens with one attached hydrogen (secondary N) is 1. The highest BCUT2D eigenvalue weighted by Crippen LogP contribution is 2.18. The maximum atomic E-state index is 11.5. The predicted octanol–water partition coefficient (Wildman–Crippen LogP) is 2.14. The summed E-state index contributed by atoms with van der Waals surface area (Å²) in [5, 5.41) is 9.49. The lowest BCUT2D eigenvalue weighted by atomic mass is 10.1. The van der Waals surface area contributed by atoms with Crippen molar-refractivity contribution < 1.29 is 5.11 Å². The van der Waals surface area contributed by atoms with E-state index in [1.165, 1.54) is 6.92 Å². The number of aromatic hydroxyl groups is 1. The molecule has 0 bridgehead atoms. The van der Waals surface area contributed by atoms with Crippen LogP contribution in [-0.2, 0) is 6.42 Å². The smallest absolute Gasteiger partial charge is 0.257 e. The summed E-state index contributed by atoms with van der Waals surface area (Å²) < 4.78 is 0.947. The Morgan fingerprint density at radius 3 is 2.76 bits per heavy atom. The summed E-state index contributed by atoms with van der Waals surface area (Å²) >= 11 is 3.42. The van der Waals surface area contributed by atoms with Gasteiger partial charge in [0, 0.05) is 10.9 Å². The second-order valence-corrected chi connectivity index (χ2v) is 4.58. The van der Waals surface area contributed by atoms with Crippen LogP contribution in [-0.4, -0.2) is 15.1 Å². The van der Waals surface area contributed by atoms with Gasteiger partial charge in [0.15, 0.2) is 0 Å². The van der Waals surface area contributed by atoms with E-state index in [-0.39, 0.29) is 17.0 Å². The first-order valence-electron chi connectivity index (χ1n) is 5.10. The first kappa shape index (κ1) is 11.9. The molecule has 1 aromatic carbocycles. The molecule has 0 aliphatic rings. The molecule has 0 aliphatic heterocycles. The third kappa shape index (κ3) is 2.55. The molecule has 17 heavy (non-hydrogen) atoms. The number of hydrogen-bond donors (Lipinski definition) is 2. The monoisotopic (exact) mass is 294 g/mol. The van der Waals surface area contributed by atoms with Gasteiger partial charge in [-0.25, -0.2) is 0 Å². The number of benzene rings is 1. The Hall–Kier alpha value is -1.62. The van der Waals surface area contributed by atoms with Crippen molar-refractivity contribution in [2.75, 3.05) is 0 Å². The lowest BCUT2D eigenvalue weighted by Crippen LogP contribution is -2.14. The summed E-state index contributed by atoms with van der Waals surface area (Å²) in [4.78, 5) is 18.1. The Bertz CT molecular complexity index is 608. The molecular formula is C12H11BrN2O2. The van der Waals surface area contributed by atoms with Gasteiger partial charge in [-0.1, -0.05) is 34.1 Å². The van der Waals surface area contributed by atoms with Crippen LogP contribution in [0.5, 0.6) is 5.88 Å². The van der Waals surface area contributed by atoms with Crippen LogP contribution in [0.4, 0.5) is 0 Å². The van der Waals surface area contributed by atoms with Crippen molar-refractivity contribution in [1.82, 2.24) is 9.97 Å². The van der Waals surface area contributed by atoms with Gasteiger partial charge >= 0.3 is 0 Å². The van der Waals surface area contributed by atoms with Crippen molar-refractivity contribution in [2.45, 2.75) is 13.3 Å². The number of aromatic nitrogens is 2. The topological polar surface area (TPSA) is 66.0 Å². The molecule has 0 unspecified atom stereocenters. The van der Waals surface area contributed by atoms with Gasteiger partial charge in [0.25, 0.3) is 5.56 Å². The second kappa shape index (κ2) is 4.71. The summed E-state index contributed by atoms with van der Waals surface area (Å²) in [6.45, 7) is 1.53. The fraction of sp³-hybridized carbons (Fsp3) is 0.167. The average Bonchev–Trinajstić information content (AvgIpc) is 2.29. The van der Waals surface area contributed by atoms with Crippen LogP contribution in [0, 0.1) is 6.92 Å². The Morgan fingerprint density at radius 1 is 1.41 bits per heavy atom. The number of aromatic amines is 1. The highest BCUT2D eigenvalue weighted by Gasteiger charge is 2.07. The van der Waals surface area contributed by atoms with Crippen LogP contribution in [0.25, 0.3) is 0 Å². The zero-order valence-electron chi connectivity index (χ0n) is 9.20. The first-order chi connectivity index (χ1) is 8.08. The van der Waals surface area contributed by atoms with Crippen LogP contribution in [0.3, 0.4) is 0 Å². The summed E-state index contributed by atoms with van der Waals surface area (Å²) in [5.41, 5.74) is 0.930. The van der Waals surface area contributed by atoms with Gasteiger partial charge in [-0.15, -0.1) is 0 Å². The summed E-state index contributed by atoms with van der Waals surface area (Å²) in [5.74, 6) is 0.237. The first-order valence-corrected chi connectivity index (χ1v) is 5.89. The molecule has 4 nitrogen and oxygen atoms in total. The number of nitrogens with zero attached hydrogens (tertiary/aromatic N) is 1. The van der Waals surface area contributed by atoms with Crippen LogP contribution in [0.2, 0.25) is 0 Å². The molecule has 0 saturated heterocycles. The minimum absolute atomic E-state index is 0.212. The molecule has 0 spiro atoms. The molecule has 88 valence electrons. The molecule has 5 heteroatoms. The maximum absolute atomic E-state index is 11.5. The molecule has 0 fully saturated rings. The average molecular weight is 295 g/mol. The van der Waals surface area contributed by atoms with Gasteiger partial charge < -0.3 is 10.1 Å². The molecule has 0 amide bonds. The molecule has 2 aromatic rings. The normalized spacial score (nSPS) is 10.5. The van der Waals surface area contributed by atoms with Crippen LogP contribution < -0.4 is 5.56 Å². The van der Waals surface area contributed by atoms with Gasteiger partial charge in [0.05, 0.1) is 5.56 Å². The summed E-state index contributed by atoms with van der Waals surface area (Å²) in [6, 6.07) is 7.67. The lowest BCUT2D eigenvalue weighted by molar-refractivity contribution is 0.443. The second-order valence-electron chi connectivity index (χ2n) is 3.73. The van der Waals surface area contributed by atoms with Crippen molar-refractivity contribution >= 4 is 15.9 Å². The molecular weight excluding hydrogens is 284 g/mol. The van der Waals surface area contributed by atoms with Gasteiger partial charge in [0.2, 0.25) is 5.88 Å². The van der Waals surface area contributed by atoms with Gasteiger partial charge in [-0.3, -0.25) is 4.79 Å². The van der Waals surface area contributed by atoms with Crippen molar-refractivity contribution in [3.8, 4) is 5.88 Å². The summed E-state index contributed by atoms with van der Waals surface area (Å²) in [7, 11) is 0. The SMILES string of the molecule is Cc1c(O)nc(Cc2ccccc2Br)[nH]c1=O. The third-order valence-electron chi connectivity index (χ3n) is 2.49. The lowest BCUT2D eigenvalue weighted by Gasteiger charge is -2.05. The molecule has 0 radical (unpaired) electrons. The standard InChI is InChI=1S/C12H11BrN2O2/c1-7-11(16)14-10(15-12(7)17)6-8-4-2-3-5-9(8)13/h2-5H,6H2,1H3,(H2,14,15,16,17). The van der Waals surface area contributed by atoms with E-state index in [1.807, 2.05) is 24.3 Å². The Labute approximate surface area is 106 Å². The van der Waals surface area contributed by atoms with Gasteiger partial charge in [-0.2, -0.15) is 4.98 Å². The number of hydrogen-bond acceptors (Lipinski definition) is 3. The predicted molar refractivity (Wildman–Crippen MR) is 68.2 cm³/mol. The van der Waals surface area contributed by atoms with E-state index in [9.17, 15) is 9.90 Å². The van der Waals surface area contributed by atoms with E-state index in [1.54, 1.807) is 0 Å². The van der Waals surface area contributed by atoms with Crippen molar-refractivity contribution in [3.05, 3.63) is 56.0 Å². The van der Waals surface area contributed by atoms with E-state index < -0.39 is 0 Å². The largest absolute Gasteiger partial charge is 0.493 e. The molecule has 0 atom stereocenters. The number of rotatable bonds is 2. The van der Waals surface area contributed by atoms with Crippen LogP contribution >= 0.6 is 15.9 Å². The Kier molecular flexibility index (Phi) is 3.28. The Balaban J connectivity index is 2.38. The zero-order valence-corrected chi connectivity index (χ0v) is 10.8. The molecule has 2 rings (SSSR count). The fourth-order valence-corrected chi connectivity index (χ4v) is 1.90. The summed E-state index contributed by atoms with van der Waals surface area (Å²) in [6.07, 6.45) is 0.463. The number of H-pyrrole nitrogens is 1. The van der Waals surface area contributed by atoms with Gasteiger partial charge in [0.1, 0.15) is 5.82 Å². The maximum Gasteiger partial charge on any atom is 0.257 e. The minimum atomic E-state index is -0.306. The quantitative estimate of drug-likeness (QED) is 0.892. The molecule has 0 aliphatic carbocycles. The van der Waals surface area contributed by atoms with E-state index in [2.05, 4.69) is 25.9 Å². The van der Waals surface area contributed by atoms with E-state index >= 15 is 0 Å². The van der Waals surface area contributed by atoms with Crippen molar-refractivity contribution in [2.24, 2.45) is 0 Å². The Morgan fingerprint density at radius 2 is 2.12 bits per heavy atom. The molecule has 0 saturated carbocycles. The molecule has 1 heterocycles. The van der Waals surface area contributed by atoms with Crippen molar-refractivity contribution in [3.63, 3.8) is 0 Å². The molecule has 1 aromatic heterocycles. The fourth-order valence-electron chi connectivity index (χ4n) is 1.47. The van der Waals surface area contributed by atoms with Crippen molar-refractivity contribution in [1.29, 1.82) is 0 Å². The third-order valence-corrected chi connectivity index (χ3v) is 3.26. The number of halogens is 1. The highest BCUT2D eigenvalue weighted by molar-refractivity contribution is 9.10. The minimum Gasteiger partial charge on any atom is -0.493 e. The highest BCUT2D eigenvalue weighted by atomic mass is 79.9. The van der Waals surface area contributed by atoms with E-state index in [0.29, 0.717) is 12.2 Å². The van der Waals surface area contributed by atoms with E-state index in [4.69, 9.17) is 0 Å². The van der Waals surface area contributed by atoms with Crippen LogP contribution in [0.1, 0.15) is 17.0 Å². The van der Waals surface area contributed by atoms with E-state index in [0.717, 1.165) is 10.0 Å².